The van der Waals surface area contributed by atoms with E-state index < -0.39 is 0 Å². The quantitative estimate of drug-likeness (QED) is 0.700. The van der Waals surface area contributed by atoms with Gasteiger partial charge < -0.3 is 5.11 Å². The summed E-state index contributed by atoms with van der Waals surface area (Å²) in [5, 5.41) is 11.9. The second-order valence-corrected chi connectivity index (χ2v) is 6.55. The van der Waals surface area contributed by atoms with E-state index in [1.54, 1.807) is 11.8 Å². The van der Waals surface area contributed by atoms with Gasteiger partial charge in [-0.1, -0.05) is 58.0 Å². The van der Waals surface area contributed by atoms with Gasteiger partial charge in [0, 0.05) is 14.3 Å². The van der Waals surface area contributed by atoms with Gasteiger partial charge in [-0.2, -0.15) is 0 Å². The predicted molar refractivity (Wildman–Crippen MR) is 88.1 cm³/mol. The topological polar surface area (TPSA) is 20.2 Å². The fourth-order valence-corrected chi connectivity index (χ4v) is 3.50. The maximum absolute atomic E-state index is 9.46. The molecule has 1 N–H and O–H groups in total. The highest BCUT2D eigenvalue weighted by Gasteiger charge is 2.05. The minimum Gasteiger partial charge on any atom is -0.392 e. The van der Waals surface area contributed by atoms with Crippen LogP contribution in [0.2, 0.25) is 0 Å². The van der Waals surface area contributed by atoms with Gasteiger partial charge in [-0.25, -0.2) is 0 Å². The Balaban J connectivity index is 1.96. The minimum atomic E-state index is 0.0509. The summed E-state index contributed by atoms with van der Waals surface area (Å²) in [5.41, 5.74) is 0.942. The molecule has 3 aromatic carbocycles. The number of rotatable bonds is 3. The Labute approximate surface area is 130 Å². The van der Waals surface area contributed by atoms with Crippen LogP contribution in [0.4, 0.5) is 0 Å². The van der Waals surface area contributed by atoms with E-state index in [9.17, 15) is 5.11 Å². The van der Waals surface area contributed by atoms with Crippen molar-refractivity contribution in [1.29, 1.82) is 0 Å². The standard InChI is InChI=1S/C17H13BrOS/c18-15-6-8-17(14(9-15)11-19)20-16-7-5-12-3-1-2-4-13(12)10-16/h1-10,19H,11H2. The first kappa shape index (κ1) is 13.7. The van der Waals surface area contributed by atoms with Gasteiger partial charge in [-0.05, 0) is 46.7 Å². The number of aliphatic hydroxyl groups is 1. The van der Waals surface area contributed by atoms with Crippen LogP contribution in [0.15, 0.2) is 74.9 Å². The summed E-state index contributed by atoms with van der Waals surface area (Å²) in [6.07, 6.45) is 0. The molecule has 3 rings (SSSR count). The third-order valence-corrected chi connectivity index (χ3v) is 4.74. The van der Waals surface area contributed by atoms with Crippen LogP contribution in [0, 0.1) is 0 Å². The first-order valence-electron chi connectivity index (χ1n) is 6.32. The van der Waals surface area contributed by atoms with Crippen LogP contribution >= 0.6 is 27.7 Å². The third kappa shape index (κ3) is 2.90. The van der Waals surface area contributed by atoms with Crippen molar-refractivity contribution in [3.8, 4) is 0 Å². The molecule has 3 heteroatoms. The molecule has 1 nitrogen and oxygen atoms in total. The molecule has 0 spiro atoms. The molecule has 0 saturated carbocycles. The van der Waals surface area contributed by atoms with Gasteiger partial charge in [0.1, 0.15) is 0 Å². The molecule has 0 aliphatic rings. The molecule has 0 aliphatic heterocycles. The second-order valence-electron chi connectivity index (χ2n) is 4.52. The van der Waals surface area contributed by atoms with Crippen molar-refractivity contribution >= 4 is 38.5 Å². The summed E-state index contributed by atoms with van der Waals surface area (Å²) in [6, 6.07) is 20.8. The predicted octanol–water partition coefficient (Wildman–Crippen LogP) is 5.25. The number of benzene rings is 3. The van der Waals surface area contributed by atoms with Crippen molar-refractivity contribution in [2.75, 3.05) is 0 Å². The Morgan fingerprint density at radius 3 is 2.50 bits per heavy atom. The zero-order valence-corrected chi connectivity index (χ0v) is 13.1. The average Bonchev–Trinajstić information content (AvgIpc) is 2.49. The number of aliphatic hydroxyl groups excluding tert-OH is 1. The third-order valence-electron chi connectivity index (χ3n) is 3.14. The summed E-state index contributed by atoms with van der Waals surface area (Å²) in [4.78, 5) is 2.27. The summed E-state index contributed by atoms with van der Waals surface area (Å²) in [6.45, 7) is 0.0509. The molecule has 100 valence electrons. The van der Waals surface area contributed by atoms with Gasteiger partial charge in [-0.15, -0.1) is 0 Å². The van der Waals surface area contributed by atoms with Crippen LogP contribution in [-0.2, 0) is 6.61 Å². The van der Waals surface area contributed by atoms with Crippen molar-refractivity contribution in [3.63, 3.8) is 0 Å². The molecule has 0 aromatic heterocycles. The van der Waals surface area contributed by atoms with Crippen molar-refractivity contribution in [3.05, 3.63) is 70.7 Å². The maximum Gasteiger partial charge on any atom is 0.0693 e. The van der Waals surface area contributed by atoms with E-state index in [2.05, 4.69) is 52.3 Å². The van der Waals surface area contributed by atoms with E-state index in [0.717, 1.165) is 14.9 Å². The van der Waals surface area contributed by atoms with Gasteiger partial charge in [0.25, 0.3) is 0 Å². The highest BCUT2D eigenvalue weighted by molar-refractivity contribution is 9.10. The van der Waals surface area contributed by atoms with E-state index in [0.29, 0.717) is 0 Å². The summed E-state index contributed by atoms with van der Waals surface area (Å²) in [7, 11) is 0. The number of fused-ring (bicyclic) bond motifs is 1. The first-order chi connectivity index (χ1) is 9.76. The van der Waals surface area contributed by atoms with Crippen molar-refractivity contribution in [2.45, 2.75) is 16.4 Å². The lowest BCUT2D eigenvalue weighted by atomic mass is 10.1. The fraction of sp³-hybridized carbons (Fsp3) is 0.0588. The molecule has 0 saturated heterocycles. The van der Waals surface area contributed by atoms with Gasteiger partial charge in [0.2, 0.25) is 0 Å². The first-order valence-corrected chi connectivity index (χ1v) is 7.93. The van der Waals surface area contributed by atoms with Crippen molar-refractivity contribution in [2.24, 2.45) is 0 Å². The Hall–Kier alpha value is -1.29. The number of hydrogen-bond donors (Lipinski definition) is 1. The number of hydrogen-bond acceptors (Lipinski definition) is 2. The average molecular weight is 345 g/mol. The van der Waals surface area contributed by atoms with Gasteiger partial charge >= 0.3 is 0 Å². The number of halogens is 1. The molecular weight excluding hydrogens is 332 g/mol. The second kappa shape index (κ2) is 6.00. The molecule has 0 fully saturated rings. The van der Waals surface area contributed by atoms with Gasteiger partial charge in [-0.3, -0.25) is 0 Å². The Morgan fingerprint density at radius 2 is 1.70 bits per heavy atom. The zero-order chi connectivity index (χ0) is 13.9. The van der Waals surface area contributed by atoms with E-state index in [1.165, 1.54) is 15.7 Å². The van der Waals surface area contributed by atoms with Crippen LogP contribution in [0.1, 0.15) is 5.56 Å². The molecule has 0 bridgehead atoms. The van der Waals surface area contributed by atoms with Gasteiger partial charge in [0.15, 0.2) is 0 Å². The molecule has 0 aliphatic carbocycles. The highest BCUT2D eigenvalue weighted by Crippen LogP contribution is 2.33. The van der Waals surface area contributed by atoms with Gasteiger partial charge in [0.05, 0.1) is 6.61 Å². The molecule has 0 unspecified atom stereocenters. The smallest absolute Gasteiger partial charge is 0.0693 e. The molecule has 0 atom stereocenters. The van der Waals surface area contributed by atoms with Crippen LogP contribution < -0.4 is 0 Å². The molecule has 20 heavy (non-hydrogen) atoms. The van der Waals surface area contributed by atoms with E-state index in [4.69, 9.17) is 0 Å². The van der Waals surface area contributed by atoms with E-state index in [1.807, 2.05) is 24.3 Å². The summed E-state index contributed by atoms with van der Waals surface area (Å²) in [5.74, 6) is 0. The lowest BCUT2D eigenvalue weighted by Gasteiger charge is -2.08. The highest BCUT2D eigenvalue weighted by atomic mass is 79.9. The SMILES string of the molecule is OCc1cc(Br)ccc1Sc1ccc2ccccc2c1. The van der Waals surface area contributed by atoms with E-state index >= 15 is 0 Å². The zero-order valence-electron chi connectivity index (χ0n) is 10.7. The molecule has 0 heterocycles. The lowest BCUT2D eigenvalue weighted by molar-refractivity contribution is 0.279. The Bertz CT molecular complexity index is 755. The molecular formula is C17H13BrOS. The monoisotopic (exact) mass is 344 g/mol. The Kier molecular flexibility index (Phi) is 4.10. The molecule has 3 aromatic rings. The van der Waals surface area contributed by atoms with Crippen LogP contribution in [0.25, 0.3) is 10.8 Å². The minimum absolute atomic E-state index is 0.0509. The maximum atomic E-state index is 9.46. The normalized spacial score (nSPS) is 10.9. The lowest BCUT2D eigenvalue weighted by Crippen LogP contribution is -1.87. The molecule has 0 radical (unpaired) electrons. The Morgan fingerprint density at radius 1 is 0.900 bits per heavy atom. The van der Waals surface area contributed by atoms with Crippen LogP contribution in [-0.4, -0.2) is 5.11 Å². The fourth-order valence-electron chi connectivity index (χ4n) is 2.13. The summed E-state index contributed by atoms with van der Waals surface area (Å²) < 4.78 is 0.990. The van der Waals surface area contributed by atoms with Crippen molar-refractivity contribution < 1.29 is 5.11 Å². The van der Waals surface area contributed by atoms with Crippen LogP contribution in [0.5, 0.6) is 0 Å². The molecule has 0 amide bonds. The van der Waals surface area contributed by atoms with Crippen molar-refractivity contribution in [1.82, 2.24) is 0 Å². The summed E-state index contributed by atoms with van der Waals surface area (Å²) >= 11 is 5.12. The largest absolute Gasteiger partial charge is 0.392 e. The van der Waals surface area contributed by atoms with Crippen LogP contribution in [0.3, 0.4) is 0 Å². The van der Waals surface area contributed by atoms with E-state index in [-0.39, 0.29) is 6.61 Å².